The van der Waals surface area contributed by atoms with Crippen LogP contribution in [0.2, 0.25) is 0 Å². The number of halogens is 1. The molecule has 1 aromatic rings. The highest BCUT2D eigenvalue weighted by atomic mass is 32.1. The van der Waals surface area contributed by atoms with Gasteiger partial charge >= 0.3 is 5.97 Å². The van der Waals surface area contributed by atoms with Crippen molar-refractivity contribution in [2.75, 3.05) is 12.9 Å². The van der Waals surface area contributed by atoms with Crippen molar-refractivity contribution >= 4 is 18.6 Å². The molecule has 0 fully saturated rings. The minimum Gasteiger partial charge on any atom is -0.465 e. The number of thiol groups is 1. The van der Waals surface area contributed by atoms with E-state index in [4.69, 9.17) is 0 Å². The number of hydrogen-bond acceptors (Lipinski definition) is 3. The molecule has 0 atom stereocenters. The summed E-state index contributed by atoms with van der Waals surface area (Å²) in [5, 5.41) is 0. The maximum Gasteiger partial charge on any atom is 0.337 e. The molecule has 0 radical (unpaired) electrons. The molecule has 0 heterocycles. The van der Waals surface area contributed by atoms with Crippen LogP contribution in [-0.4, -0.2) is 18.8 Å². The van der Waals surface area contributed by atoms with Gasteiger partial charge in [-0.05, 0) is 18.2 Å². The van der Waals surface area contributed by atoms with Crippen LogP contribution in [0.3, 0.4) is 0 Å². The predicted molar refractivity (Wildman–Crippen MR) is 63.1 cm³/mol. The van der Waals surface area contributed by atoms with Crippen molar-refractivity contribution in [3.05, 3.63) is 35.1 Å². The fourth-order valence-electron chi connectivity index (χ4n) is 1.12. The van der Waals surface area contributed by atoms with E-state index in [-0.39, 0.29) is 5.56 Å². The van der Waals surface area contributed by atoms with Gasteiger partial charge in [0.25, 0.3) is 0 Å². The van der Waals surface area contributed by atoms with Gasteiger partial charge in [-0.2, -0.15) is 12.6 Å². The lowest BCUT2D eigenvalue weighted by molar-refractivity contribution is 0.0600. The lowest BCUT2D eigenvalue weighted by Crippen LogP contribution is -2.02. The summed E-state index contributed by atoms with van der Waals surface area (Å²) in [6.07, 6.45) is 0.618. The van der Waals surface area contributed by atoms with E-state index < -0.39 is 11.8 Å². The molecule has 0 saturated carbocycles. The van der Waals surface area contributed by atoms with Crippen LogP contribution >= 0.6 is 12.6 Å². The first kappa shape index (κ1) is 12.6. The Morgan fingerprint density at radius 2 is 2.25 bits per heavy atom. The van der Waals surface area contributed by atoms with E-state index in [0.717, 1.165) is 6.07 Å². The Kier molecular flexibility index (Phi) is 4.87. The summed E-state index contributed by atoms with van der Waals surface area (Å²) in [5.41, 5.74) is 0.625. The number of carbonyl (C=O) groups excluding carboxylic acids is 1. The summed E-state index contributed by atoms with van der Waals surface area (Å²) < 4.78 is 17.6. The molecule has 0 saturated heterocycles. The van der Waals surface area contributed by atoms with Crippen LogP contribution in [0.4, 0.5) is 4.39 Å². The summed E-state index contributed by atoms with van der Waals surface area (Å²) in [4.78, 5) is 11.2. The van der Waals surface area contributed by atoms with Crippen molar-refractivity contribution in [1.29, 1.82) is 0 Å². The van der Waals surface area contributed by atoms with Crippen molar-refractivity contribution in [1.82, 2.24) is 0 Å². The molecule has 0 N–H and O–H groups in total. The number of methoxy groups -OCH3 is 1. The number of rotatable bonds is 2. The molecular formula is C12H11FO2S. The van der Waals surface area contributed by atoms with E-state index in [2.05, 4.69) is 29.2 Å². The molecule has 0 spiro atoms. The van der Waals surface area contributed by atoms with Gasteiger partial charge in [0, 0.05) is 17.7 Å². The van der Waals surface area contributed by atoms with Crippen LogP contribution in [0.5, 0.6) is 0 Å². The normalized spacial score (nSPS) is 9.19. The van der Waals surface area contributed by atoms with Crippen molar-refractivity contribution in [2.45, 2.75) is 6.42 Å². The average Bonchev–Trinajstić information content (AvgIpc) is 2.27. The maximum atomic E-state index is 13.1. The quantitative estimate of drug-likeness (QED) is 0.486. The van der Waals surface area contributed by atoms with E-state index in [1.807, 2.05) is 0 Å². The second-order valence-corrected chi connectivity index (χ2v) is 3.44. The zero-order valence-electron chi connectivity index (χ0n) is 8.79. The molecule has 0 aromatic heterocycles. The Morgan fingerprint density at radius 1 is 1.50 bits per heavy atom. The first-order valence-electron chi connectivity index (χ1n) is 4.66. The van der Waals surface area contributed by atoms with Gasteiger partial charge in [-0.15, -0.1) is 0 Å². The van der Waals surface area contributed by atoms with E-state index in [1.165, 1.54) is 19.2 Å². The molecule has 0 bridgehead atoms. The zero-order chi connectivity index (χ0) is 12.0. The Balaban J connectivity index is 3.00. The molecule has 0 aliphatic heterocycles. The maximum absolute atomic E-state index is 13.1. The van der Waals surface area contributed by atoms with Crippen molar-refractivity contribution in [3.8, 4) is 11.8 Å². The summed E-state index contributed by atoms with van der Waals surface area (Å²) in [6.45, 7) is 0. The molecule has 2 nitrogen and oxygen atoms in total. The minimum atomic E-state index is -0.572. The number of hydrogen-bond donors (Lipinski definition) is 1. The van der Waals surface area contributed by atoms with Gasteiger partial charge in [0.05, 0.1) is 12.7 Å². The first-order valence-corrected chi connectivity index (χ1v) is 5.29. The van der Waals surface area contributed by atoms with Gasteiger partial charge in [-0.1, -0.05) is 11.8 Å². The third kappa shape index (κ3) is 3.59. The van der Waals surface area contributed by atoms with Crippen molar-refractivity contribution in [2.24, 2.45) is 0 Å². The van der Waals surface area contributed by atoms with E-state index >= 15 is 0 Å². The molecule has 0 amide bonds. The zero-order valence-corrected chi connectivity index (χ0v) is 9.68. The monoisotopic (exact) mass is 238 g/mol. The van der Waals surface area contributed by atoms with Crippen LogP contribution < -0.4 is 0 Å². The second kappa shape index (κ2) is 6.19. The standard InChI is InChI=1S/C12H11FO2S/c1-15-12(14)10-6-9(4-2-3-5-16)7-11(13)8-10/h6-8,16H,3,5H2,1H3. The molecule has 4 heteroatoms. The fourth-order valence-corrected chi connectivity index (χ4v) is 1.23. The Bertz CT molecular complexity index is 446. The molecule has 0 aliphatic carbocycles. The van der Waals surface area contributed by atoms with E-state index in [0.29, 0.717) is 17.7 Å². The third-order valence-electron chi connectivity index (χ3n) is 1.79. The van der Waals surface area contributed by atoms with Crippen molar-refractivity contribution < 1.29 is 13.9 Å². The van der Waals surface area contributed by atoms with Gasteiger partial charge in [-0.25, -0.2) is 9.18 Å². The molecule has 1 aromatic carbocycles. The highest BCUT2D eigenvalue weighted by Gasteiger charge is 2.07. The number of esters is 1. The smallest absolute Gasteiger partial charge is 0.337 e. The van der Waals surface area contributed by atoms with Crippen LogP contribution in [0, 0.1) is 17.7 Å². The molecular weight excluding hydrogens is 227 g/mol. The van der Waals surface area contributed by atoms with E-state index in [9.17, 15) is 9.18 Å². The summed E-state index contributed by atoms with van der Waals surface area (Å²) in [7, 11) is 1.25. The van der Waals surface area contributed by atoms with Gasteiger partial charge in [0.1, 0.15) is 5.82 Å². The summed E-state index contributed by atoms with van der Waals surface area (Å²) in [6, 6.07) is 3.90. The molecule has 84 valence electrons. The number of carbonyl (C=O) groups is 1. The largest absolute Gasteiger partial charge is 0.465 e. The summed E-state index contributed by atoms with van der Waals surface area (Å²) in [5.74, 6) is 5.15. The Morgan fingerprint density at radius 3 is 2.88 bits per heavy atom. The van der Waals surface area contributed by atoms with Gasteiger partial charge in [0.15, 0.2) is 0 Å². The number of benzene rings is 1. The summed E-state index contributed by atoms with van der Waals surface area (Å²) >= 11 is 4.00. The van der Waals surface area contributed by atoms with Gasteiger partial charge in [0.2, 0.25) is 0 Å². The third-order valence-corrected chi connectivity index (χ3v) is 2.01. The second-order valence-electron chi connectivity index (χ2n) is 3.00. The fraction of sp³-hybridized carbons (Fsp3) is 0.250. The SMILES string of the molecule is COC(=O)c1cc(F)cc(C#CCCS)c1. The molecule has 0 aliphatic rings. The van der Waals surface area contributed by atoms with Crippen LogP contribution in [-0.2, 0) is 4.74 Å². The Hall–Kier alpha value is -1.47. The van der Waals surface area contributed by atoms with Gasteiger partial charge < -0.3 is 4.74 Å². The lowest BCUT2D eigenvalue weighted by Gasteiger charge is -2.00. The number of ether oxygens (including phenoxy) is 1. The Labute approximate surface area is 99.2 Å². The van der Waals surface area contributed by atoms with Crippen LogP contribution in [0.1, 0.15) is 22.3 Å². The predicted octanol–water partition coefficient (Wildman–Crippen LogP) is 2.28. The van der Waals surface area contributed by atoms with Crippen LogP contribution in [0.25, 0.3) is 0 Å². The molecule has 16 heavy (non-hydrogen) atoms. The molecule has 0 unspecified atom stereocenters. The van der Waals surface area contributed by atoms with E-state index in [1.54, 1.807) is 0 Å². The van der Waals surface area contributed by atoms with Crippen molar-refractivity contribution in [3.63, 3.8) is 0 Å². The van der Waals surface area contributed by atoms with Gasteiger partial charge in [-0.3, -0.25) is 0 Å². The molecule has 1 rings (SSSR count). The first-order chi connectivity index (χ1) is 7.67. The van der Waals surface area contributed by atoms with Crippen LogP contribution in [0.15, 0.2) is 18.2 Å². The highest BCUT2D eigenvalue weighted by molar-refractivity contribution is 7.80. The average molecular weight is 238 g/mol. The lowest BCUT2D eigenvalue weighted by atomic mass is 10.1. The minimum absolute atomic E-state index is 0.165. The highest BCUT2D eigenvalue weighted by Crippen LogP contribution is 2.09. The topological polar surface area (TPSA) is 26.3 Å².